The van der Waals surface area contributed by atoms with E-state index in [1.54, 1.807) is 0 Å². The lowest BCUT2D eigenvalue weighted by Gasteiger charge is -2.34. The summed E-state index contributed by atoms with van der Waals surface area (Å²) in [5, 5.41) is 0. The van der Waals surface area contributed by atoms with Crippen LogP contribution >= 0.6 is 15.9 Å². The van der Waals surface area contributed by atoms with Crippen molar-refractivity contribution in [2.45, 2.75) is 52.7 Å². The minimum Gasteiger partial charge on any atom is -0.461 e. The second-order valence-electron chi connectivity index (χ2n) is 6.67. The highest BCUT2D eigenvalue weighted by atomic mass is 79.9. The van der Waals surface area contributed by atoms with E-state index in [1.165, 1.54) is 0 Å². The average molecular weight is 342 g/mol. The van der Waals surface area contributed by atoms with E-state index < -0.39 is 5.54 Å². The maximum atomic E-state index is 12.5. The smallest absolute Gasteiger partial charge is 0.331 e. The monoisotopic (exact) mass is 341 g/mol. The molecule has 0 aliphatic heterocycles. The molecule has 0 aliphatic carbocycles. The molecular formula is C16H24BrNO2. The zero-order valence-electron chi connectivity index (χ0n) is 12.9. The number of hydrogen-bond donors (Lipinski definition) is 1. The van der Waals surface area contributed by atoms with Crippen LogP contribution in [-0.4, -0.2) is 12.1 Å². The normalized spacial score (nSPS) is 15.0. The number of benzene rings is 1. The second kappa shape index (κ2) is 6.27. The van der Waals surface area contributed by atoms with Crippen LogP contribution in [-0.2, 0) is 15.1 Å². The summed E-state index contributed by atoms with van der Waals surface area (Å²) in [4.78, 5) is 12.5. The van der Waals surface area contributed by atoms with Crippen LogP contribution in [0.1, 0.15) is 46.6 Å². The largest absolute Gasteiger partial charge is 0.461 e. The zero-order chi connectivity index (χ0) is 15.6. The molecule has 0 spiro atoms. The highest BCUT2D eigenvalue weighted by molar-refractivity contribution is 9.10. The highest BCUT2D eigenvalue weighted by Crippen LogP contribution is 2.34. The molecule has 0 aromatic heterocycles. The molecule has 0 bridgehead atoms. The quantitative estimate of drug-likeness (QED) is 0.842. The van der Waals surface area contributed by atoms with Crippen molar-refractivity contribution in [1.29, 1.82) is 0 Å². The van der Waals surface area contributed by atoms with Crippen LogP contribution in [0, 0.1) is 5.41 Å². The van der Waals surface area contributed by atoms with Crippen molar-refractivity contribution in [1.82, 2.24) is 0 Å². The summed E-state index contributed by atoms with van der Waals surface area (Å²) in [6.07, 6.45) is 0.341. The predicted octanol–water partition coefficient (Wildman–Crippen LogP) is 3.99. The van der Waals surface area contributed by atoms with E-state index in [0.29, 0.717) is 6.42 Å². The molecule has 2 N–H and O–H groups in total. The molecule has 1 atom stereocenters. The number of ether oxygens (including phenoxy) is 1. The summed E-state index contributed by atoms with van der Waals surface area (Å²) in [5.41, 5.74) is 6.03. The Hall–Kier alpha value is -0.870. The van der Waals surface area contributed by atoms with Gasteiger partial charge in [-0.15, -0.1) is 0 Å². The number of nitrogens with two attached hydrogens (primary N) is 1. The number of esters is 1. The molecule has 1 unspecified atom stereocenters. The molecule has 20 heavy (non-hydrogen) atoms. The van der Waals surface area contributed by atoms with Gasteiger partial charge in [0, 0.05) is 4.47 Å². The lowest BCUT2D eigenvalue weighted by atomic mass is 9.76. The van der Waals surface area contributed by atoms with Gasteiger partial charge >= 0.3 is 5.97 Å². The van der Waals surface area contributed by atoms with Crippen molar-refractivity contribution in [3.63, 3.8) is 0 Å². The lowest BCUT2D eigenvalue weighted by Crippen LogP contribution is -2.49. The summed E-state index contributed by atoms with van der Waals surface area (Å²) in [6, 6.07) is 7.53. The second-order valence-corrected chi connectivity index (χ2v) is 7.59. The minimum absolute atomic E-state index is 0.0855. The molecule has 1 aromatic rings. The summed E-state index contributed by atoms with van der Waals surface area (Å²) < 4.78 is 6.33. The van der Waals surface area contributed by atoms with Crippen LogP contribution < -0.4 is 5.73 Å². The molecule has 1 aromatic carbocycles. The molecule has 1 rings (SSSR count). The van der Waals surface area contributed by atoms with E-state index in [-0.39, 0.29) is 17.5 Å². The van der Waals surface area contributed by atoms with Crippen molar-refractivity contribution in [3.05, 3.63) is 34.3 Å². The standard InChI is InChI=1S/C16H24BrNO2/c1-11(2)20-14(19)16(18,10-15(3,4)5)12-6-8-13(17)9-7-12/h6-9,11H,10,18H2,1-5H3. The van der Waals surface area contributed by atoms with E-state index in [9.17, 15) is 4.79 Å². The third-order valence-electron chi connectivity index (χ3n) is 2.88. The maximum absolute atomic E-state index is 12.5. The van der Waals surface area contributed by atoms with Gasteiger partial charge in [0.2, 0.25) is 0 Å². The average Bonchev–Trinajstić information content (AvgIpc) is 2.26. The molecule has 0 heterocycles. The maximum Gasteiger partial charge on any atom is 0.331 e. The third-order valence-corrected chi connectivity index (χ3v) is 3.40. The van der Waals surface area contributed by atoms with Crippen molar-refractivity contribution in [2.75, 3.05) is 0 Å². The van der Waals surface area contributed by atoms with Gasteiger partial charge in [-0.25, -0.2) is 4.79 Å². The predicted molar refractivity (Wildman–Crippen MR) is 85.3 cm³/mol. The molecule has 4 heteroatoms. The van der Waals surface area contributed by atoms with E-state index in [4.69, 9.17) is 10.5 Å². The van der Waals surface area contributed by atoms with E-state index >= 15 is 0 Å². The van der Waals surface area contributed by atoms with Gasteiger partial charge in [-0.3, -0.25) is 0 Å². The van der Waals surface area contributed by atoms with Gasteiger partial charge in [0.25, 0.3) is 0 Å². The topological polar surface area (TPSA) is 52.3 Å². The highest BCUT2D eigenvalue weighted by Gasteiger charge is 2.41. The third kappa shape index (κ3) is 4.60. The fourth-order valence-corrected chi connectivity index (χ4v) is 2.46. The molecule has 0 fully saturated rings. The first-order chi connectivity index (χ1) is 9.04. The van der Waals surface area contributed by atoms with Crippen LogP contribution in [0.3, 0.4) is 0 Å². The summed E-state index contributed by atoms with van der Waals surface area (Å²) >= 11 is 3.39. The Kier molecular flexibility index (Phi) is 5.39. The summed E-state index contributed by atoms with van der Waals surface area (Å²) in [5.74, 6) is -0.371. The molecule has 0 saturated heterocycles. The van der Waals surface area contributed by atoms with Crippen molar-refractivity contribution in [2.24, 2.45) is 11.1 Å². The molecule has 0 radical (unpaired) electrons. The molecule has 112 valence electrons. The number of rotatable bonds is 4. The Labute approximate surface area is 130 Å². The SMILES string of the molecule is CC(C)OC(=O)C(N)(CC(C)(C)C)c1ccc(Br)cc1. The molecular weight excluding hydrogens is 318 g/mol. The number of halogens is 1. The Morgan fingerprint density at radius 2 is 1.75 bits per heavy atom. The van der Waals surface area contributed by atoms with E-state index in [2.05, 4.69) is 36.7 Å². The van der Waals surface area contributed by atoms with Gasteiger partial charge in [-0.1, -0.05) is 48.8 Å². The molecule has 0 aliphatic rings. The van der Waals surface area contributed by atoms with Crippen molar-refractivity contribution in [3.8, 4) is 0 Å². The fourth-order valence-electron chi connectivity index (χ4n) is 2.20. The van der Waals surface area contributed by atoms with Crippen LogP contribution in [0.25, 0.3) is 0 Å². The lowest BCUT2D eigenvalue weighted by molar-refractivity contribution is -0.156. The fraction of sp³-hybridized carbons (Fsp3) is 0.562. The Morgan fingerprint density at radius 3 is 2.15 bits per heavy atom. The van der Waals surface area contributed by atoms with E-state index in [0.717, 1.165) is 10.0 Å². The van der Waals surface area contributed by atoms with Crippen LogP contribution in [0.2, 0.25) is 0 Å². The molecule has 3 nitrogen and oxygen atoms in total. The molecule has 0 saturated carbocycles. The Balaban J connectivity index is 3.19. The number of carbonyl (C=O) groups excluding carboxylic acids is 1. The van der Waals surface area contributed by atoms with Gasteiger partial charge in [-0.2, -0.15) is 0 Å². The summed E-state index contributed by atoms with van der Waals surface area (Å²) in [6.45, 7) is 9.86. The van der Waals surface area contributed by atoms with Crippen LogP contribution in [0.15, 0.2) is 28.7 Å². The van der Waals surface area contributed by atoms with Crippen LogP contribution in [0.4, 0.5) is 0 Å². The first-order valence-corrected chi connectivity index (χ1v) is 7.60. The van der Waals surface area contributed by atoms with Gasteiger partial charge < -0.3 is 10.5 Å². The van der Waals surface area contributed by atoms with Gasteiger partial charge in [0.05, 0.1) is 6.10 Å². The number of hydrogen-bond acceptors (Lipinski definition) is 3. The number of carbonyl (C=O) groups is 1. The van der Waals surface area contributed by atoms with Gasteiger partial charge in [0.15, 0.2) is 0 Å². The summed E-state index contributed by atoms with van der Waals surface area (Å²) in [7, 11) is 0. The van der Waals surface area contributed by atoms with Crippen molar-refractivity contribution < 1.29 is 9.53 Å². The van der Waals surface area contributed by atoms with Crippen LogP contribution in [0.5, 0.6) is 0 Å². The first kappa shape index (κ1) is 17.2. The Morgan fingerprint density at radius 1 is 1.25 bits per heavy atom. The van der Waals surface area contributed by atoms with Crippen molar-refractivity contribution >= 4 is 21.9 Å². The Bertz CT molecular complexity index is 462. The molecule has 0 amide bonds. The van der Waals surface area contributed by atoms with E-state index in [1.807, 2.05) is 38.1 Å². The minimum atomic E-state index is -1.12. The van der Waals surface area contributed by atoms with Gasteiger partial charge in [-0.05, 0) is 43.4 Å². The first-order valence-electron chi connectivity index (χ1n) is 6.80. The zero-order valence-corrected chi connectivity index (χ0v) is 14.5. The van der Waals surface area contributed by atoms with Gasteiger partial charge in [0.1, 0.15) is 5.54 Å².